The molecule has 8 nitrogen and oxygen atoms in total. The summed E-state index contributed by atoms with van der Waals surface area (Å²) in [6.07, 6.45) is -0.303. The number of fused-ring (bicyclic) bond motifs is 1. The summed E-state index contributed by atoms with van der Waals surface area (Å²) >= 11 is 0. The van der Waals surface area contributed by atoms with Gasteiger partial charge in [-0.3, -0.25) is 19.4 Å². The van der Waals surface area contributed by atoms with Gasteiger partial charge in [-0.1, -0.05) is 12.1 Å². The van der Waals surface area contributed by atoms with Gasteiger partial charge in [0, 0.05) is 0 Å². The number of ether oxygens (including phenoxy) is 1. The van der Waals surface area contributed by atoms with Crippen molar-refractivity contribution in [1.82, 2.24) is 4.90 Å². The Labute approximate surface area is 165 Å². The van der Waals surface area contributed by atoms with Crippen LogP contribution in [0.5, 0.6) is 0 Å². The number of para-hydroxylation sites is 2. The van der Waals surface area contributed by atoms with Crippen molar-refractivity contribution in [2.24, 2.45) is 0 Å². The number of nitrogens with one attached hydrogen (secondary N) is 2. The number of piperazine rings is 1. The lowest BCUT2D eigenvalue weighted by Crippen LogP contribution is -3.19. The van der Waals surface area contributed by atoms with Gasteiger partial charge in [0.2, 0.25) is 5.91 Å². The number of anilines is 2. The minimum Gasteiger partial charge on any atom is -0.450 e. The summed E-state index contributed by atoms with van der Waals surface area (Å²) in [5.74, 6) is -0.291. The molecule has 152 valence electrons. The standard InChI is InChI=1S/C20H28N4O4/c1-5-28-19(27)23-12-10-22(11-13-23)14(2)17(25)24-16-9-7-6-8-15(16)21-18(26)20(24,3)4/h6-9,14H,5,10-13H2,1-4H3,(H,21,26)/p+1/t14-/m0/s1. The number of carbonyl (C=O) groups is 3. The van der Waals surface area contributed by atoms with Crippen LogP contribution in [0.15, 0.2) is 24.3 Å². The average Bonchev–Trinajstić information content (AvgIpc) is 2.68. The first-order chi connectivity index (χ1) is 13.3. The number of nitrogens with zero attached hydrogens (tertiary/aromatic N) is 2. The van der Waals surface area contributed by atoms with Crippen molar-refractivity contribution < 1.29 is 24.0 Å². The van der Waals surface area contributed by atoms with Crippen LogP contribution in [0.2, 0.25) is 0 Å². The Bertz CT molecular complexity index is 771. The number of rotatable bonds is 3. The Balaban J connectivity index is 1.76. The van der Waals surface area contributed by atoms with E-state index in [4.69, 9.17) is 4.74 Å². The summed E-state index contributed by atoms with van der Waals surface area (Å²) in [6, 6.07) is 7.03. The third-order valence-corrected chi connectivity index (χ3v) is 5.64. The van der Waals surface area contributed by atoms with Crippen LogP contribution in [-0.4, -0.2) is 67.2 Å². The lowest BCUT2D eigenvalue weighted by atomic mass is 9.95. The van der Waals surface area contributed by atoms with Gasteiger partial charge in [-0.2, -0.15) is 0 Å². The summed E-state index contributed by atoms with van der Waals surface area (Å²) in [5.41, 5.74) is 0.384. The van der Waals surface area contributed by atoms with Crippen molar-refractivity contribution in [2.75, 3.05) is 43.0 Å². The van der Waals surface area contributed by atoms with Crippen LogP contribution in [0.3, 0.4) is 0 Å². The van der Waals surface area contributed by atoms with E-state index in [0.29, 0.717) is 44.2 Å². The van der Waals surface area contributed by atoms with Crippen molar-refractivity contribution in [3.05, 3.63) is 24.3 Å². The van der Waals surface area contributed by atoms with E-state index < -0.39 is 5.54 Å². The quantitative estimate of drug-likeness (QED) is 0.789. The molecule has 0 spiro atoms. The maximum Gasteiger partial charge on any atom is 0.410 e. The highest BCUT2D eigenvalue weighted by Crippen LogP contribution is 2.36. The minimum atomic E-state index is -0.980. The first kappa shape index (κ1) is 20.1. The molecule has 1 atom stereocenters. The predicted molar refractivity (Wildman–Crippen MR) is 105 cm³/mol. The molecule has 1 aromatic rings. The molecule has 28 heavy (non-hydrogen) atoms. The minimum absolute atomic E-state index is 0.0908. The van der Waals surface area contributed by atoms with Gasteiger partial charge in [-0.25, -0.2) is 4.79 Å². The number of hydrogen-bond acceptors (Lipinski definition) is 4. The summed E-state index contributed by atoms with van der Waals surface area (Å²) in [4.78, 5) is 42.4. The van der Waals surface area contributed by atoms with E-state index in [1.54, 1.807) is 36.6 Å². The van der Waals surface area contributed by atoms with Crippen molar-refractivity contribution in [1.29, 1.82) is 0 Å². The van der Waals surface area contributed by atoms with E-state index in [1.807, 2.05) is 25.1 Å². The van der Waals surface area contributed by atoms with E-state index in [-0.39, 0.29) is 23.9 Å². The molecule has 0 radical (unpaired) electrons. The molecule has 2 aliphatic heterocycles. The van der Waals surface area contributed by atoms with Gasteiger partial charge in [0.25, 0.3) is 5.91 Å². The number of hydrogen-bond donors (Lipinski definition) is 2. The first-order valence-corrected chi connectivity index (χ1v) is 9.78. The third kappa shape index (κ3) is 3.56. The second-order valence-electron chi connectivity index (χ2n) is 7.77. The second-order valence-corrected chi connectivity index (χ2v) is 7.77. The summed E-state index contributed by atoms with van der Waals surface area (Å²) < 4.78 is 5.06. The zero-order valence-corrected chi connectivity index (χ0v) is 16.9. The van der Waals surface area contributed by atoms with Gasteiger partial charge in [-0.15, -0.1) is 0 Å². The maximum absolute atomic E-state index is 13.5. The van der Waals surface area contributed by atoms with Crippen LogP contribution < -0.4 is 15.1 Å². The highest BCUT2D eigenvalue weighted by Gasteiger charge is 2.46. The molecule has 2 aliphatic rings. The highest BCUT2D eigenvalue weighted by molar-refractivity contribution is 6.14. The van der Waals surface area contributed by atoms with Gasteiger partial charge in [0.15, 0.2) is 6.04 Å². The van der Waals surface area contributed by atoms with Crippen molar-refractivity contribution >= 4 is 29.3 Å². The Kier molecular flexibility index (Phi) is 5.60. The van der Waals surface area contributed by atoms with Crippen LogP contribution in [-0.2, 0) is 14.3 Å². The van der Waals surface area contributed by atoms with E-state index in [2.05, 4.69) is 5.32 Å². The number of quaternary nitrogens is 1. The fraction of sp³-hybridized carbons (Fsp3) is 0.550. The van der Waals surface area contributed by atoms with Gasteiger partial charge in [0.05, 0.1) is 44.2 Å². The van der Waals surface area contributed by atoms with E-state index in [9.17, 15) is 14.4 Å². The number of carbonyl (C=O) groups excluding carboxylic acids is 3. The molecule has 0 bridgehead atoms. The first-order valence-electron chi connectivity index (χ1n) is 9.78. The SMILES string of the molecule is CCOC(=O)N1CC[NH+]([C@@H](C)C(=O)N2c3ccccc3NC(=O)C2(C)C)CC1. The van der Waals surface area contributed by atoms with Crippen molar-refractivity contribution in [2.45, 2.75) is 39.3 Å². The molecule has 2 heterocycles. The molecular weight excluding hydrogens is 360 g/mol. The Morgan fingerprint density at radius 2 is 1.89 bits per heavy atom. The molecule has 0 aromatic heterocycles. The fourth-order valence-electron chi connectivity index (χ4n) is 3.84. The topological polar surface area (TPSA) is 83.4 Å². The van der Waals surface area contributed by atoms with E-state index >= 15 is 0 Å². The molecule has 0 unspecified atom stereocenters. The van der Waals surface area contributed by atoms with Gasteiger partial charge < -0.3 is 15.0 Å². The summed E-state index contributed by atoms with van der Waals surface area (Å²) in [6.45, 7) is 9.97. The normalized spacial score (nSPS) is 20.2. The zero-order chi connectivity index (χ0) is 20.5. The smallest absolute Gasteiger partial charge is 0.410 e. The Hall–Kier alpha value is -2.61. The van der Waals surface area contributed by atoms with Crippen LogP contribution in [0.4, 0.5) is 16.2 Å². The van der Waals surface area contributed by atoms with Crippen LogP contribution in [0.25, 0.3) is 0 Å². The highest BCUT2D eigenvalue weighted by atomic mass is 16.6. The van der Waals surface area contributed by atoms with Gasteiger partial charge in [0.1, 0.15) is 5.54 Å². The van der Waals surface area contributed by atoms with Crippen LogP contribution in [0.1, 0.15) is 27.7 Å². The molecule has 8 heteroatoms. The molecule has 3 amide bonds. The zero-order valence-electron chi connectivity index (χ0n) is 16.9. The van der Waals surface area contributed by atoms with Crippen molar-refractivity contribution in [3.8, 4) is 0 Å². The average molecular weight is 389 g/mol. The Morgan fingerprint density at radius 3 is 2.54 bits per heavy atom. The fourth-order valence-corrected chi connectivity index (χ4v) is 3.84. The molecule has 3 rings (SSSR count). The Morgan fingerprint density at radius 1 is 1.25 bits per heavy atom. The molecule has 1 fully saturated rings. The maximum atomic E-state index is 13.5. The predicted octanol–water partition coefficient (Wildman–Crippen LogP) is 0.496. The molecule has 0 saturated carbocycles. The monoisotopic (exact) mass is 389 g/mol. The molecule has 1 aromatic carbocycles. The van der Waals surface area contributed by atoms with Crippen LogP contribution >= 0.6 is 0 Å². The van der Waals surface area contributed by atoms with Gasteiger partial charge in [-0.05, 0) is 39.8 Å². The lowest BCUT2D eigenvalue weighted by molar-refractivity contribution is -0.917. The lowest BCUT2D eigenvalue weighted by Gasteiger charge is -2.44. The molecule has 1 saturated heterocycles. The second kappa shape index (κ2) is 7.79. The third-order valence-electron chi connectivity index (χ3n) is 5.64. The van der Waals surface area contributed by atoms with Crippen LogP contribution in [0, 0.1) is 0 Å². The molecule has 0 aliphatic carbocycles. The van der Waals surface area contributed by atoms with E-state index in [0.717, 1.165) is 4.90 Å². The largest absolute Gasteiger partial charge is 0.450 e. The summed E-state index contributed by atoms with van der Waals surface area (Å²) in [5, 5.41) is 2.89. The number of benzene rings is 1. The summed E-state index contributed by atoms with van der Waals surface area (Å²) in [7, 11) is 0. The van der Waals surface area contributed by atoms with Gasteiger partial charge >= 0.3 is 6.09 Å². The van der Waals surface area contributed by atoms with E-state index in [1.165, 1.54) is 0 Å². The van der Waals surface area contributed by atoms with Crippen molar-refractivity contribution in [3.63, 3.8) is 0 Å². The molecule has 2 N–H and O–H groups in total. The number of amides is 3. The molecular formula is C20H29N4O4+.